The monoisotopic (exact) mass is 197 g/mol. The smallest absolute Gasteiger partial charge is 0.305 e. The minimum absolute atomic E-state index is 0.0903. The standard InChI is InChI=1S/C11H19NO2/c1-12-11(7-10(13)14)6-8-2-4-9(11)5-3-8/h8-9,12H,2-7H2,1H3,(H,13,14). The Balaban J connectivity index is 2.15. The minimum Gasteiger partial charge on any atom is -0.481 e. The number of rotatable bonds is 3. The quantitative estimate of drug-likeness (QED) is 0.723. The molecule has 1 atom stereocenters. The molecule has 3 nitrogen and oxygen atoms in total. The number of nitrogens with one attached hydrogen (secondary N) is 1. The lowest BCUT2D eigenvalue weighted by Gasteiger charge is -2.51. The van der Waals surface area contributed by atoms with Crippen LogP contribution in [0, 0.1) is 11.8 Å². The van der Waals surface area contributed by atoms with Crippen LogP contribution in [0.2, 0.25) is 0 Å². The second-order valence-corrected chi connectivity index (χ2v) is 4.90. The first-order chi connectivity index (χ1) is 6.66. The average Bonchev–Trinajstić information content (AvgIpc) is 2.18. The van der Waals surface area contributed by atoms with Gasteiger partial charge in [0.1, 0.15) is 0 Å². The van der Waals surface area contributed by atoms with Crippen LogP contribution >= 0.6 is 0 Å². The maximum absolute atomic E-state index is 10.9. The first-order valence-corrected chi connectivity index (χ1v) is 5.57. The summed E-state index contributed by atoms with van der Waals surface area (Å²) in [6, 6.07) is 0. The maximum Gasteiger partial charge on any atom is 0.305 e. The molecule has 0 aromatic carbocycles. The Hall–Kier alpha value is -0.570. The highest BCUT2D eigenvalue weighted by Crippen LogP contribution is 2.48. The van der Waals surface area contributed by atoms with Crippen LogP contribution in [0.25, 0.3) is 0 Å². The fourth-order valence-electron chi connectivity index (χ4n) is 3.48. The molecule has 2 bridgehead atoms. The number of carboxylic acids is 1. The van der Waals surface area contributed by atoms with Crippen molar-refractivity contribution < 1.29 is 9.90 Å². The van der Waals surface area contributed by atoms with Gasteiger partial charge >= 0.3 is 5.97 Å². The van der Waals surface area contributed by atoms with Crippen molar-refractivity contribution in [1.82, 2.24) is 5.32 Å². The Labute approximate surface area is 84.9 Å². The van der Waals surface area contributed by atoms with E-state index in [1.165, 1.54) is 25.7 Å². The SMILES string of the molecule is CNC1(CC(=O)O)CC2CCC1CC2. The van der Waals surface area contributed by atoms with Crippen LogP contribution in [-0.2, 0) is 4.79 Å². The molecule has 0 heterocycles. The molecule has 0 radical (unpaired) electrons. The molecule has 0 saturated heterocycles. The Kier molecular flexibility index (Phi) is 2.52. The van der Waals surface area contributed by atoms with E-state index < -0.39 is 5.97 Å². The number of carboxylic acid groups (broad SMARTS) is 1. The van der Waals surface area contributed by atoms with Gasteiger partial charge < -0.3 is 10.4 Å². The summed E-state index contributed by atoms with van der Waals surface area (Å²) in [7, 11) is 1.92. The molecule has 3 heteroatoms. The summed E-state index contributed by atoms with van der Waals surface area (Å²) < 4.78 is 0. The molecule has 0 amide bonds. The molecule has 0 spiro atoms. The highest BCUT2D eigenvalue weighted by atomic mass is 16.4. The normalized spacial score (nSPS) is 41.2. The molecule has 0 aliphatic heterocycles. The fourth-order valence-corrected chi connectivity index (χ4v) is 3.48. The predicted octanol–water partition coefficient (Wildman–Crippen LogP) is 1.63. The zero-order valence-electron chi connectivity index (χ0n) is 8.75. The molecule has 14 heavy (non-hydrogen) atoms. The van der Waals surface area contributed by atoms with E-state index in [-0.39, 0.29) is 5.54 Å². The van der Waals surface area contributed by atoms with Crippen LogP contribution in [0.4, 0.5) is 0 Å². The van der Waals surface area contributed by atoms with Gasteiger partial charge in [0.25, 0.3) is 0 Å². The molecular weight excluding hydrogens is 178 g/mol. The third kappa shape index (κ3) is 1.54. The lowest BCUT2D eigenvalue weighted by atomic mass is 9.59. The molecule has 3 saturated carbocycles. The minimum atomic E-state index is -0.660. The topological polar surface area (TPSA) is 49.3 Å². The molecule has 3 aliphatic carbocycles. The summed E-state index contributed by atoms with van der Waals surface area (Å²) >= 11 is 0. The van der Waals surface area contributed by atoms with E-state index >= 15 is 0 Å². The van der Waals surface area contributed by atoms with Gasteiger partial charge in [0, 0.05) is 5.54 Å². The zero-order valence-corrected chi connectivity index (χ0v) is 8.75. The van der Waals surface area contributed by atoms with Crippen LogP contribution < -0.4 is 5.32 Å². The van der Waals surface area contributed by atoms with Crippen molar-refractivity contribution in [1.29, 1.82) is 0 Å². The van der Waals surface area contributed by atoms with Gasteiger partial charge in [-0.15, -0.1) is 0 Å². The number of aliphatic carboxylic acids is 1. The number of fused-ring (bicyclic) bond motifs is 3. The van der Waals surface area contributed by atoms with Crippen molar-refractivity contribution in [2.24, 2.45) is 11.8 Å². The van der Waals surface area contributed by atoms with Gasteiger partial charge in [-0.2, -0.15) is 0 Å². The molecule has 3 rings (SSSR count). The Morgan fingerprint density at radius 3 is 2.43 bits per heavy atom. The van der Waals surface area contributed by atoms with E-state index in [1.807, 2.05) is 7.05 Å². The van der Waals surface area contributed by atoms with Crippen LogP contribution in [0.5, 0.6) is 0 Å². The van der Waals surface area contributed by atoms with Crippen LogP contribution in [-0.4, -0.2) is 23.7 Å². The van der Waals surface area contributed by atoms with Gasteiger partial charge in [0.2, 0.25) is 0 Å². The van der Waals surface area contributed by atoms with Gasteiger partial charge in [-0.1, -0.05) is 12.8 Å². The molecule has 80 valence electrons. The molecule has 3 fully saturated rings. The van der Waals surface area contributed by atoms with E-state index in [2.05, 4.69) is 5.32 Å². The summed E-state index contributed by atoms with van der Waals surface area (Å²) in [5.41, 5.74) is -0.0903. The maximum atomic E-state index is 10.9. The lowest BCUT2D eigenvalue weighted by Crippen LogP contribution is -2.57. The van der Waals surface area contributed by atoms with E-state index in [4.69, 9.17) is 5.11 Å². The van der Waals surface area contributed by atoms with Crippen molar-refractivity contribution in [3.8, 4) is 0 Å². The van der Waals surface area contributed by atoms with E-state index in [9.17, 15) is 4.79 Å². The van der Waals surface area contributed by atoms with Crippen LogP contribution in [0.1, 0.15) is 38.5 Å². The van der Waals surface area contributed by atoms with Crippen molar-refractivity contribution in [2.45, 2.75) is 44.1 Å². The van der Waals surface area contributed by atoms with Gasteiger partial charge in [-0.05, 0) is 38.1 Å². The summed E-state index contributed by atoms with van der Waals surface area (Å²) in [6.45, 7) is 0. The fraction of sp³-hybridized carbons (Fsp3) is 0.909. The lowest BCUT2D eigenvalue weighted by molar-refractivity contribution is -0.140. The Morgan fingerprint density at radius 2 is 2.07 bits per heavy atom. The molecule has 0 aromatic heterocycles. The third-order valence-electron chi connectivity index (χ3n) is 4.25. The number of hydrogen-bond donors (Lipinski definition) is 2. The summed E-state index contributed by atoms with van der Waals surface area (Å²) in [6.07, 6.45) is 6.43. The highest BCUT2D eigenvalue weighted by Gasteiger charge is 2.47. The highest BCUT2D eigenvalue weighted by molar-refractivity contribution is 5.68. The molecular formula is C11H19NO2. The number of hydrogen-bond acceptors (Lipinski definition) is 2. The molecule has 0 aromatic rings. The van der Waals surface area contributed by atoms with E-state index in [0.29, 0.717) is 12.3 Å². The molecule has 3 aliphatic rings. The Bertz CT molecular complexity index is 233. The summed E-state index contributed by atoms with van der Waals surface area (Å²) in [4.78, 5) is 10.9. The van der Waals surface area contributed by atoms with Gasteiger partial charge in [-0.3, -0.25) is 4.79 Å². The summed E-state index contributed by atoms with van der Waals surface area (Å²) in [5.74, 6) is 0.701. The van der Waals surface area contributed by atoms with Crippen LogP contribution in [0.3, 0.4) is 0 Å². The third-order valence-corrected chi connectivity index (χ3v) is 4.25. The Morgan fingerprint density at radius 1 is 1.43 bits per heavy atom. The van der Waals surface area contributed by atoms with Crippen molar-refractivity contribution >= 4 is 5.97 Å². The molecule has 1 unspecified atom stereocenters. The van der Waals surface area contributed by atoms with Gasteiger partial charge in [0.15, 0.2) is 0 Å². The average molecular weight is 197 g/mol. The number of carbonyl (C=O) groups is 1. The van der Waals surface area contributed by atoms with Crippen molar-refractivity contribution in [3.05, 3.63) is 0 Å². The van der Waals surface area contributed by atoms with E-state index in [1.54, 1.807) is 0 Å². The van der Waals surface area contributed by atoms with E-state index in [0.717, 1.165) is 12.3 Å². The predicted molar refractivity (Wildman–Crippen MR) is 54.1 cm³/mol. The largest absolute Gasteiger partial charge is 0.481 e. The summed E-state index contributed by atoms with van der Waals surface area (Å²) in [5, 5.41) is 12.2. The zero-order chi connectivity index (χ0) is 10.2. The van der Waals surface area contributed by atoms with Crippen molar-refractivity contribution in [3.63, 3.8) is 0 Å². The second kappa shape index (κ2) is 3.54. The van der Waals surface area contributed by atoms with Crippen LogP contribution in [0.15, 0.2) is 0 Å². The van der Waals surface area contributed by atoms with Crippen molar-refractivity contribution in [2.75, 3.05) is 7.05 Å². The second-order valence-electron chi connectivity index (χ2n) is 4.90. The van der Waals surface area contributed by atoms with Gasteiger partial charge in [0.05, 0.1) is 6.42 Å². The first kappa shape index (κ1) is 9.97. The van der Waals surface area contributed by atoms with Gasteiger partial charge in [-0.25, -0.2) is 0 Å². The first-order valence-electron chi connectivity index (χ1n) is 5.57. The molecule has 2 N–H and O–H groups in total.